The van der Waals surface area contributed by atoms with Crippen LogP contribution in [0.15, 0.2) is 39.8 Å². The Kier molecular flexibility index (Phi) is 4.53. The fourth-order valence-electron chi connectivity index (χ4n) is 1.90. The average molecular weight is 370 g/mol. The number of sulfonamides is 1. The first-order chi connectivity index (χ1) is 9.83. The Morgan fingerprint density at radius 2 is 2.05 bits per heavy atom. The highest BCUT2D eigenvalue weighted by Gasteiger charge is 2.19. The van der Waals surface area contributed by atoms with Crippen molar-refractivity contribution in [2.45, 2.75) is 25.2 Å². The number of anilines is 2. The van der Waals surface area contributed by atoms with E-state index in [-0.39, 0.29) is 10.7 Å². The quantitative estimate of drug-likeness (QED) is 0.810. The highest BCUT2D eigenvalue weighted by atomic mass is 79.9. The molecule has 0 saturated carbocycles. The monoisotopic (exact) mass is 369 g/mol. The molecule has 0 amide bonds. The molecule has 1 aromatic heterocycles. The van der Waals surface area contributed by atoms with Crippen LogP contribution < -0.4 is 10.5 Å². The van der Waals surface area contributed by atoms with Crippen LogP contribution in [-0.2, 0) is 16.4 Å². The minimum atomic E-state index is -3.72. The summed E-state index contributed by atoms with van der Waals surface area (Å²) in [5.74, 6) is 0.278. The second kappa shape index (κ2) is 6.03. The zero-order valence-corrected chi connectivity index (χ0v) is 14.1. The van der Waals surface area contributed by atoms with Crippen molar-refractivity contribution in [1.29, 1.82) is 0 Å². The predicted octanol–water partition coefficient (Wildman–Crippen LogP) is 3.10. The lowest BCUT2D eigenvalue weighted by Crippen LogP contribution is -2.16. The summed E-state index contributed by atoms with van der Waals surface area (Å²) in [5.41, 5.74) is 7.72. The largest absolute Gasteiger partial charge is 0.399 e. The van der Waals surface area contributed by atoms with Crippen LogP contribution >= 0.6 is 15.9 Å². The molecule has 0 atom stereocenters. The predicted molar refractivity (Wildman–Crippen MR) is 87.7 cm³/mol. The van der Waals surface area contributed by atoms with Crippen LogP contribution in [0, 0.1) is 6.92 Å². The Morgan fingerprint density at radius 3 is 2.67 bits per heavy atom. The number of nitrogens with zero attached hydrogens (tertiary/aromatic N) is 1. The van der Waals surface area contributed by atoms with Crippen molar-refractivity contribution in [3.05, 3.63) is 46.1 Å². The third-order valence-corrected chi connectivity index (χ3v) is 5.31. The maximum atomic E-state index is 12.5. The Labute approximate surface area is 132 Å². The zero-order chi connectivity index (χ0) is 15.6. The van der Waals surface area contributed by atoms with Gasteiger partial charge in [-0.15, -0.1) is 0 Å². The van der Waals surface area contributed by atoms with Gasteiger partial charge in [-0.3, -0.25) is 4.72 Å². The first kappa shape index (κ1) is 15.8. The normalized spacial score (nSPS) is 11.4. The van der Waals surface area contributed by atoms with Gasteiger partial charge in [0.25, 0.3) is 10.0 Å². The summed E-state index contributed by atoms with van der Waals surface area (Å²) >= 11 is 3.33. The van der Waals surface area contributed by atoms with Crippen LogP contribution in [0.25, 0.3) is 0 Å². The summed E-state index contributed by atoms with van der Waals surface area (Å²) in [6.45, 7) is 3.76. The molecular formula is C14H16BrN3O2S. The van der Waals surface area contributed by atoms with Gasteiger partial charge in [-0.1, -0.05) is 13.0 Å². The van der Waals surface area contributed by atoms with E-state index in [0.29, 0.717) is 17.7 Å². The van der Waals surface area contributed by atoms with E-state index in [9.17, 15) is 8.42 Å². The summed E-state index contributed by atoms with van der Waals surface area (Å²) < 4.78 is 28.3. The lowest BCUT2D eigenvalue weighted by Gasteiger charge is -2.12. The summed E-state index contributed by atoms with van der Waals surface area (Å²) in [7, 11) is -3.72. The third kappa shape index (κ3) is 3.54. The van der Waals surface area contributed by atoms with E-state index in [1.165, 1.54) is 6.07 Å². The van der Waals surface area contributed by atoms with Gasteiger partial charge >= 0.3 is 0 Å². The fraction of sp³-hybridized carbons (Fsp3) is 0.214. The van der Waals surface area contributed by atoms with Crippen molar-refractivity contribution in [1.82, 2.24) is 4.98 Å². The SMILES string of the molecule is CCc1ccc(N)cc1S(=O)(=O)Nc1cc(C)c(Br)cn1. The number of rotatable bonds is 4. The van der Waals surface area contributed by atoms with Crippen molar-refractivity contribution in [2.24, 2.45) is 0 Å². The molecule has 1 aromatic carbocycles. The number of benzene rings is 1. The molecule has 3 N–H and O–H groups in total. The second-order valence-corrected chi connectivity index (χ2v) is 7.15. The van der Waals surface area contributed by atoms with Gasteiger partial charge in [0.05, 0.1) is 4.90 Å². The van der Waals surface area contributed by atoms with E-state index >= 15 is 0 Å². The number of nitrogens with one attached hydrogen (secondary N) is 1. The molecule has 21 heavy (non-hydrogen) atoms. The first-order valence-electron chi connectivity index (χ1n) is 6.37. The van der Waals surface area contributed by atoms with E-state index in [1.54, 1.807) is 24.4 Å². The average Bonchev–Trinajstić information content (AvgIpc) is 2.42. The molecule has 5 nitrogen and oxygen atoms in total. The van der Waals surface area contributed by atoms with Crippen LogP contribution in [0.4, 0.5) is 11.5 Å². The lowest BCUT2D eigenvalue weighted by molar-refractivity contribution is 0.600. The third-order valence-electron chi connectivity index (χ3n) is 3.05. The summed E-state index contributed by atoms with van der Waals surface area (Å²) in [6, 6.07) is 6.55. The molecule has 0 aliphatic heterocycles. The molecule has 112 valence electrons. The Morgan fingerprint density at radius 1 is 1.33 bits per heavy atom. The molecule has 2 rings (SSSR count). The first-order valence-corrected chi connectivity index (χ1v) is 8.64. The van der Waals surface area contributed by atoms with E-state index in [2.05, 4.69) is 25.6 Å². The zero-order valence-electron chi connectivity index (χ0n) is 11.7. The number of aromatic nitrogens is 1. The molecule has 0 spiro atoms. The maximum absolute atomic E-state index is 12.5. The van der Waals surface area contributed by atoms with Gasteiger partial charge in [0.2, 0.25) is 0 Å². The second-order valence-electron chi connectivity index (χ2n) is 4.64. The number of nitrogen functional groups attached to an aromatic ring is 1. The van der Waals surface area contributed by atoms with Crippen molar-refractivity contribution < 1.29 is 8.42 Å². The fourth-order valence-corrected chi connectivity index (χ4v) is 3.46. The van der Waals surface area contributed by atoms with Gasteiger partial charge in [0, 0.05) is 16.4 Å². The molecule has 0 aliphatic carbocycles. The van der Waals surface area contributed by atoms with Crippen molar-refractivity contribution in [3.8, 4) is 0 Å². The highest BCUT2D eigenvalue weighted by molar-refractivity contribution is 9.10. The molecule has 0 fully saturated rings. The van der Waals surface area contributed by atoms with E-state index in [0.717, 1.165) is 10.0 Å². The molecule has 0 radical (unpaired) electrons. The van der Waals surface area contributed by atoms with Gasteiger partial charge in [0.15, 0.2) is 0 Å². The van der Waals surface area contributed by atoms with Crippen LogP contribution in [-0.4, -0.2) is 13.4 Å². The maximum Gasteiger partial charge on any atom is 0.263 e. The van der Waals surface area contributed by atoms with Crippen molar-refractivity contribution >= 4 is 37.5 Å². The lowest BCUT2D eigenvalue weighted by atomic mass is 10.1. The van der Waals surface area contributed by atoms with Gasteiger partial charge in [-0.05, 0) is 58.6 Å². The van der Waals surface area contributed by atoms with Crippen LogP contribution in [0.1, 0.15) is 18.1 Å². The standard InChI is InChI=1S/C14H16BrN3O2S/c1-3-10-4-5-11(16)7-13(10)21(19,20)18-14-6-9(2)12(15)8-17-14/h4-8H,3,16H2,1-2H3,(H,17,18). The number of aryl methyl sites for hydroxylation is 2. The number of hydrogen-bond acceptors (Lipinski definition) is 4. The van der Waals surface area contributed by atoms with E-state index < -0.39 is 10.0 Å². The molecule has 7 heteroatoms. The number of pyridine rings is 1. The van der Waals surface area contributed by atoms with Gasteiger partial charge in [0.1, 0.15) is 5.82 Å². The molecule has 1 heterocycles. The highest BCUT2D eigenvalue weighted by Crippen LogP contribution is 2.23. The Bertz CT molecular complexity index is 776. The number of nitrogens with two attached hydrogens (primary N) is 1. The summed E-state index contributed by atoms with van der Waals surface area (Å²) in [5, 5.41) is 0. The van der Waals surface area contributed by atoms with Crippen LogP contribution in [0.2, 0.25) is 0 Å². The number of halogens is 1. The Hall–Kier alpha value is -1.60. The minimum absolute atomic E-state index is 0.187. The molecule has 0 saturated heterocycles. The van der Waals surface area contributed by atoms with Crippen molar-refractivity contribution in [3.63, 3.8) is 0 Å². The topological polar surface area (TPSA) is 85.1 Å². The summed E-state index contributed by atoms with van der Waals surface area (Å²) in [6.07, 6.45) is 2.16. The minimum Gasteiger partial charge on any atom is -0.399 e. The van der Waals surface area contributed by atoms with E-state index in [4.69, 9.17) is 5.73 Å². The number of hydrogen-bond donors (Lipinski definition) is 2. The van der Waals surface area contributed by atoms with Crippen LogP contribution in [0.3, 0.4) is 0 Å². The molecule has 0 bridgehead atoms. The summed E-state index contributed by atoms with van der Waals surface area (Å²) in [4.78, 5) is 4.25. The van der Waals surface area contributed by atoms with Crippen molar-refractivity contribution in [2.75, 3.05) is 10.5 Å². The molecule has 0 aliphatic rings. The Balaban J connectivity index is 2.42. The van der Waals surface area contributed by atoms with E-state index in [1.807, 2.05) is 13.8 Å². The van der Waals surface area contributed by atoms with Gasteiger partial charge < -0.3 is 5.73 Å². The van der Waals surface area contributed by atoms with Crippen LogP contribution in [0.5, 0.6) is 0 Å². The van der Waals surface area contributed by atoms with Gasteiger partial charge in [-0.25, -0.2) is 13.4 Å². The molecule has 2 aromatic rings. The van der Waals surface area contributed by atoms with Gasteiger partial charge in [-0.2, -0.15) is 0 Å². The molecular weight excluding hydrogens is 354 g/mol. The molecule has 0 unspecified atom stereocenters. The smallest absolute Gasteiger partial charge is 0.263 e.